The number of rotatable bonds is 3. The van der Waals surface area contributed by atoms with Crippen molar-refractivity contribution in [1.29, 1.82) is 0 Å². The summed E-state index contributed by atoms with van der Waals surface area (Å²) in [4.78, 5) is 33.6. The van der Waals surface area contributed by atoms with Crippen molar-refractivity contribution in [2.24, 2.45) is 0 Å². The van der Waals surface area contributed by atoms with E-state index in [0.29, 0.717) is 35.3 Å². The second-order valence-electron chi connectivity index (χ2n) is 7.31. The number of fused-ring (bicyclic) bond motifs is 1. The minimum atomic E-state index is -0.995. The smallest absolute Gasteiger partial charge is 0.253 e. The molecule has 29 heavy (non-hydrogen) atoms. The van der Waals surface area contributed by atoms with Crippen LogP contribution in [0.4, 0.5) is 10.1 Å². The number of nitrogens with one attached hydrogen (secondary N) is 2. The number of nitrogens with zero attached hydrogens (tertiary/aromatic N) is 2. The highest BCUT2D eigenvalue weighted by Crippen LogP contribution is 2.41. The Labute approximate surface area is 167 Å². The number of halogens is 1. The molecule has 0 saturated heterocycles. The molecule has 0 radical (unpaired) electrons. The van der Waals surface area contributed by atoms with E-state index >= 15 is 0 Å². The van der Waals surface area contributed by atoms with Gasteiger partial charge in [-0.25, -0.2) is 4.39 Å². The van der Waals surface area contributed by atoms with E-state index in [1.807, 2.05) is 25.2 Å². The number of aryl methyl sites for hydroxylation is 1. The lowest BCUT2D eigenvalue weighted by atomic mass is 9.79. The van der Waals surface area contributed by atoms with Crippen molar-refractivity contribution in [1.82, 2.24) is 15.3 Å². The summed E-state index contributed by atoms with van der Waals surface area (Å²) >= 11 is 0. The van der Waals surface area contributed by atoms with Crippen molar-refractivity contribution in [2.75, 3.05) is 18.5 Å². The van der Waals surface area contributed by atoms with Crippen molar-refractivity contribution in [3.05, 3.63) is 93.4 Å². The van der Waals surface area contributed by atoms with Crippen LogP contribution in [0.1, 0.15) is 33.6 Å². The fourth-order valence-corrected chi connectivity index (χ4v) is 3.76. The van der Waals surface area contributed by atoms with Crippen LogP contribution in [-0.4, -0.2) is 29.5 Å². The topological polar surface area (TPSA) is 78.1 Å². The molecule has 0 bridgehead atoms. The van der Waals surface area contributed by atoms with Gasteiger partial charge in [-0.3, -0.25) is 14.6 Å². The number of pyridine rings is 2. The van der Waals surface area contributed by atoms with Crippen LogP contribution in [0, 0.1) is 12.7 Å². The van der Waals surface area contributed by atoms with Crippen LogP contribution in [0.3, 0.4) is 0 Å². The highest BCUT2D eigenvalue weighted by atomic mass is 19.1. The fraction of sp³-hybridized carbons (Fsp3) is 0.227. The monoisotopic (exact) mass is 392 g/mol. The van der Waals surface area contributed by atoms with E-state index in [2.05, 4.69) is 20.2 Å². The third kappa shape index (κ3) is 3.29. The Morgan fingerprint density at radius 1 is 1.28 bits per heavy atom. The molecule has 1 atom stereocenters. The molecule has 0 spiro atoms. The fourth-order valence-electron chi connectivity index (χ4n) is 3.76. The molecule has 1 aliphatic rings. The van der Waals surface area contributed by atoms with Crippen LogP contribution >= 0.6 is 0 Å². The maximum absolute atomic E-state index is 14.5. The summed E-state index contributed by atoms with van der Waals surface area (Å²) in [7, 11) is 1.96. The van der Waals surface area contributed by atoms with Crippen LogP contribution < -0.4 is 15.8 Å². The van der Waals surface area contributed by atoms with Gasteiger partial charge in [-0.2, -0.15) is 0 Å². The molecule has 1 aliphatic heterocycles. The second-order valence-corrected chi connectivity index (χ2v) is 7.31. The maximum atomic E-state index is 14.5. The zero-order valence-electron chi connectivity index (χ0n) is 16.2. The third-order valence-electron chi connectivity index (χ3n) is 5.46. The molecule has 1 amide bonds. The van der Waals surface area contributed by atoms with Gasteiger partial charge in [0.1, 0.15) is 11.4 Å². The predicted octanol–water partition coefficient (Wildman–Crippen LogP) is 2.73. The lowest BCUT2D eigenvalue weighted by Gasteiger charge is -2.42. The van der Waals surface area contributed by atoms with E-state index in [1.54, 1.807) is 19.2 Å². The van der Waals surface area contributed by atoms with E-state index in [1.165, 1.54) is 24.4 Å². The molecule has 1 aromatic carbocycles. The zero-order chi connectivity index (χ0) is 20.6. The minimum Gasteiger partial charge on any atom is -0.373 e. The number of carbonyl (C=O) groups is 1. The van der Waals surface area contributed by atoms with Crippen LogP contribution in [-0.2, 0) is 5.54 Å². The van der Waals surface area contributed by atoms with Gasteiger partial charge in [0.05, 0.1) is 16.9 Å². The van der Waals surface area contributed by atoms with Gasteiger partial charge in [-0.05, 0) is 48.7 Å². The van der Waals surface area contributed by atoms with Gasteiger partial charge in [-0.1, -0.05) is 12.1 Å². The van der Waals surface area contributed by atoms with E-state index in [4.69, 9.17) is 0 Å². The number of H-pyrrole nitrogens is 1. The molecule has 3 heterocycles. The molecule has 4 rings (SSSR count). The highest BCUT2D eigenvalue weighted by Gasteiger charge is 2.43. The van der Waals surface area contributed by atoms with Crippen molar-refractivity contribution in [3.63, 3.8) is 0 Å². The largest absolute Gasteiger partial charge is 0.373 e. The molecule has 148 valence electrons. The van der Waals surface area contributed by atoms with Gasteiger partial charge >= 0.3 is 0 Å². The van der Waals surface area contributed by atoms with Crippen LogP contribution in [0.5, 0.6) is 0 Å². The molecular formula is C22H21FN4O2. The summed E-state index contributed by atoms with van der Waals surface area (Å²) in [5.74, 6) is -0.708. The van der Waals surface area contributed by atoms with Gasteiger partial charge in [-0.15, -0.1) is 0 Å². The van der Waals surface area contributed by atoms with Gasteiger partial charge in [0.15, 0.2) is 0 Å². The van der Waals surface area contributed by atoms with Crippen molar-refractivity contribution >= 4 is 11.6 Å². The zero-order valence-corrected chi connectivity index (χ0v) is 16.2. The first-order valence-electron chi connectivity index (χ1n) is 9.35. The van der Waals surface area contributed by atoms with Crippen LogP contribution in [0.2, 0.25) is 0 Å². The summed E-state index contributed by atoms with van der Waals surface area (Å²) in [6, 6.07) is 11.5. The van der Waals surface area contributed by atoms with Gasteiger partial charge in [0, 0.05) is 32.1 Å². The number of aromatic amines is 1. The standard InChI is InChI=1S/C22H21FN4O2/c1-14-5-7-16(12-17(14)23)22(26-21(29)15-6-8-19(28)25-13-15)9-11-27(2)18-4-3-10-24-20(18)22/h3-8,10,12-13H,9,11H2,1-2H3,(H,25,28)(H,26,29)/t22-/m0/s1. The molecule has 0 unspecified atom stereocenters. The average molecular weight is 392 g/mol. The van der Waals surface area contributed by atoms with E-state index in [9.17, 15) is 14.0 Å². The highest BCUT2D eigenvalue weighted by molar-refractivity contribution is 5.95. The Hall–Kier alpha value is -3.48. The lowest BCUT2D eigenvalue weighted by Crippen LogP contribution is -2.52. The van der Waals surface area contributed by atoms with Gasteiger partial charge in [0.2, 0.25) is 5.56 Å². The molecule has 2 N–H and O–H groups in total. The summed E-state index contributed by atoms with van der Waals surface area (Å²) < 4.78 is 14.5. The molecule has 0 aliphatic carbocycles. The predicted molar refractivity (Wildman–Crippen MR) is 109 cm³/mol. The number of hydrogen-bond donors (Lipinski definition) is 2. The number of aromatic nitrogens is 2. The maximum Gasteiger partial charge on any atom is 0.253 e. The molecule has 0 fully saturated rings. The third-order valence-corrected chi connectivity index (χ3v) is 5.46. The van der Waals surface area contributed by atoms with Gasteiger partial charge in [0.25, 0.3) is 5.91 Å². The van der Waals surface area contributed by atoms with Crippen molar-refractivity contribution in [3.8, 4) is 0 Å². The van der Waals surface area contributed by atoms with E-state index < -0.39 is 5.54 Å². The minimum absolute atomic E-state index is 0.289. The summed E-state index contributed by atoms with van der Waals surface area (Å²) in [6.07, 6.45) is 3.56. The van der Waals surface area contributed by atoms with Crippen LogP contribution in [0.25, 0.3) is 0 Å². The first-order valence-corrected chi connectivity index (χ1v) is 9.35. The number of hydrogen-bond acceptors (Lipinski definition) is 4. The second kappa shape index (κ2) is 7.16. The average Bonchev–Trinajstić information content (AvgIpc) is 2.73. The Balaban J connectivity index is 1.87. The van der Waals surface area contributed by atoms with E-state index in [0.717, 1.165) is 5.69 Å². The first kappa shape index (κ1) is 18.9. The SMILES string of the molecule is Cc1ccc([C@@]2(NC(=O)c3ccc(=O)[nH]c3)CCN(C)c3cccnc32)cc1F. The van der Waals surface area contributed by atoms with Gasteiger partial charge < -0.3 is 15.2 Å². The van der Waals surface area contributed by atoms with E-state index in [-0.39, 0.29) is 17.3 Å². The number of benzene rings is 1. The molecule has 0 saturated carbocycles. The Kier molecular flexibility index (Phi) is 4.66. The van der Waals surface area contributed by atoms with Crippen LogP contribution in [0.15, 0.2) is 59.7 Å². The number of anilines is 1. The number of amides is 1. The summed E-state index contributed by atoms with van der Waals surface area (Å²) in [5, 5.41) is 3.09. The Bertz CT molecular complexity index is 1120. The van der Waals surface area contributed by atoms with Crippen molar-refractivity contribution in [2.45, 2.75) is 18.9 Å². The quantitative estimate of drug-likeness (QED) is 0.719. The number of carbonyl (C=O) groups excluding carboxylic acids is 1. The molecule has 6 nitrogen and oxygen atoms in total. The first-order chi connectivity index (χ1) is 13.9. The molecular weight excluding hydrogens is 371 g/mol. The van der Waals surface area contributed by atoms with Crippen molar-refractivity contribution < 1.29 is 9.18 Å². The molecule has 2 aromatic heterocycles. The lowest BCUT2D eigenvalue weighted by molar-refractivity contribution is 0.0905. The summed E-state index contributed by atoms with van der Waals surface area (Å²) in [6.45, 7) is 2.35. The Morgan fingerprint density at radius 3 is 2.83 bits per heavy atom. The Morgan fingerprint density at radius 2 is 2.10 bits per heavy atom. The molecule has 7 heteroatoms. The normalized spacial score (nSPS) is 18.2. The summed E-state index contributed by atoms with van der Waals surface area (Å²) in [5.41, 5.74) is 1.73. The molecule has 3 aromatic rings.